The highest BCUT2D eigenvalue weighted by molar-refractivity contribution is 5.42. The van der Waals surface area contributed by atoms with Crippen LogP contribution in [0.3, 0.4) is 0 Å². The van der Waals surface area contributed by atoms with Crippen LogP contribution >= 0.6 is 0 Å². The molecule has 1 heterocycles. The van der Waals surface area contributed by atoms with Crippen LogP contribution in [0.2, 0.25) is 0 Å². The molecule has 1 aromatic carbocycles. The van der Waals surface area contributed by atoms with Crippen molar-refractivity contribution in [3.63, 3.8) is 0 Å². The highest BCUT2D eigenvalue weighted by atomic mass is 16.5. The third-order valence-corrected chi connectivity index (χ3v) is 3.49. The molecule has 19 heavy (non-hydrogen) atoms. The number of aromatic nitrogens is 1. The van der Waals surface area contributed by atoms with E-state index in [1.54, 1.807) is 18.5 Å². The van der Waals surface area contributed by atoms with E-state index in [0.29, 0.717) is 11.4 Å². The summed E-state index contributed by atoms with van der Waals surface area (Å²) in [6, 6.07) is 9.94. The van der Waals surface area contributed by atoms with Gasteiger partial charge in [0.05, 0.1) is 18.1 Å². The SMILES string of the molecule is CCC(C)(C)c1ccc(Oc2cncc(N)c2)cc1. The zero-order chi connectivity index (χ0) is 13.9. The number of hydrogen-bond donors (Lipinski definition) is 1. The molecule has 2 rings (SSSR count). The van der Waals surface area contributed by atoms with Crippen LogP contribution in [0.4, 0.5) is 5.69 Å². The predicted molar refractivity (Wildman–Crippen MR) is 78.5 cm³/mol. The smallest absolute Gasteiger partial charge is 0.147 e. The topological polar surface area (TPSA) is 48.1 Å². The summed E-state index contributed by atoms with van der Waals surface area (Å²) in [5.74, 6) is 1.45. The van der Waals surface area contributed by atoms with Gasteiger partial charge in [-0.25, -0.2) is 0 Å². The standard InChI is InChI=1S/C16H20N2O/c1-4-16(2,3)12-5-7-14(8-6-12)19-15-9-13(17)10-18-11-15/h5-11H,4,17H2,1-3H3. The Balaban J connectivity index is 2.15. The molecule has 0 saturated heterocycles. The number of hydrogen-bond acceptors (Lipinski definition) is 3. The fourth-order valence-corrected chi connectivity index (χ4v) is 1.81. The quantitative estimate of drug-likeness (QED) is 0.894. The lowest BCUT2D eigenvalue weighted by atomic mass is 9.82. The zero-order valence-corrected chi connectivity index (χ0v) is 11.7. The van der Waals surface area contributed by atoms with E-state index < -0.39 is 0 Å². The molecule has 0 aliphatic heterocycles. The van der Waals surface area contributed by atoms with Crippen LogP contribution in [0.15, 0.2) is 42.7 Å². The molecule has 0 saturated carbocycles. The fraction of sp³-hybridized carbons (Fsp3) is 0.312. The Morgan fingerprint density at radius 3 is 2.37 bits per heavy atom. The molecule has 3 heteroatoms. The molecule has 0 bridgehead atoms. The molecule has 2 N–H and O–H groups in total. The number of ether oxygens (including phenoxy) is 1. The average molecular weight is 256 g/mol. The molecule has 0 radical (unpaired) electrons. The molecule has 2 aromatic rings. The molecule has 0 atom stereocenters. The third-order valence-electron chi connectivity index (χ3n) is 3.49. The summed E-state index contributed by atoms with van der Waals surface area (Å²) < 4.78 is 5.72. The minimum absolute atomic E-state index is 0.192. The number of rotatable bonds is 4. The Bertz CT molecular complexity index is 547. The van der Waals surface area contributed by atoms with E-state index in [4.69, 9.17) is 10.5 Å². The van der Waals surface area contributed by atoms with Crippen LogP contribution in [-0.2, 0) is 5.41 Å². The van der Waals surface area contributed by atoms with Crippen molar-refractivity contribution in [2.75, 3.05) is 5.73 Å². The number of nitrogen functional groups attached to an aromatic ring is 1. The highest BCUT2D eigenvalue weighted by Gasteiger charge is 2.17. The first-order chi connectivity index (χ1) is 9.01. The lowest BCUT2D eigenvalue weighted by Crippen LogP contribution is -2.14. The fourth-order valence-electron chi connectivity index (χ4n) is 1.81. The Hall–Kier alpha value is -2.03. The Morgan fingerprint density at radius 1 is 1.11 bits per heavy atom. The molecule has 0 aliphatic carbocycles. The molecule has 1 aromatic heterocycles. The second kappa shape index (κ2) is 5.31. The van der Waals surface area contributed by atoms with E-state index in [0.717, 1.165) is 12.2 Å². The van der Waals surface area contributed by atoms with Crippen molar-refractivity contribution in [1.82, 2.24) is 4.98 Å². The van der Waals surface area contributed by atoms with Crippen molar-refractivity contribution < 1.29 is 4.74 Å². The number of nitrogens with zero attached hydrogens (tertiary/aromatic N) is 1. The van der Waals surface area contributed by atoms with Gasteiger partial charge in [-0.3, -0.25) is 4.98 Å². The van der Waals surface area contributed by atoms with Crippen molar-refractivity contribution in [1.29, 1.82) is 0 Å². The van der Waals surface area contributed by atoms with E-state index in [1.807, 2.05) is 12.1 Å². The second-order valence-corrected chi connectivity index (χ2v) is 5.32. The van der Waals surface area contributed by atoms with Gasteiger partial charge in [-0.2, -0.15) is 0 Å². The van der Waals surface area contributed by atoms with E-state index >= 15 is 0 Å². The zero-order valence-electron chi connectivity index (χ0n) is 11.7. The molecule has 0 unspecified atom stereocenters. The molecule has 0 amide bonds. The average Bonchev–Trinajstić information content (AvgIpc) is 2.39. The van der Waals surface area contributed by atoms with Gasteiger partial charge in [-0.15, -0.1) is 0 Å². The summed E-state index contributed by atoms with van der Waals surface area (Å²) in [6.07, 6.45) is 4.35. The summed E-state index contributed by atoms with van der Waals surface area (Å²) in [6.45, 7) is 6.68. The summed E-state index contributed by atoms with van der Waals surface area (Å²) in [7, 11) is 0. The summed E-state index contributed by atoms with van der Waals surface area (Å²) in [5.41, 5.74) is 7.77. The van der Waals surface area contributed by atoms with E-state index in [2.05, 4.69) is 37.9 Å². The first kappa shape index (κ1) is 13.4. The van der Waals surface area contributed by atoms with Crippen molar-refractivity contribution in [3.8, 4) is 11.5 Å². The monoisotopic (exact) mass is 256 g/mol. The van der Waals surface area contributed by atoms with Crippen molar-refractivity contribution >= 4 is 5.69 Å². The normalized spacial score (nSPS) is 11.3. The number of anilines is 1. The molecular formula is C16H20N2O. The van der Waals surface area contributed by atoms with Gasteiger partial charge in [0.1, 0.15) is 11.5 Å². The Kier molecular flexibility index (Phi) is 3.74. The van der Waals surface area contributed by atoms with Crippen LogP contribution in [-0.4, -0.2) is 4.98 Å². The molecule has 0 fully saturated rings. The maximum Gasteiger partial charge on any atom is 0.147 e. The van der Waals surface area contributed by atoms with Gasteiger partial charge in [0.2, 0.25) is 0 Å². The van der Waals surface area contributed by atoms with Crippen molar-refractivity contribution in [2.24, 2.45) is 0 Å². The molecular weight excluding hydrogens is 236 g/mol. The predicted octanol–water partition coefficient (Wildman–Crippen LogP) is 4.14. The molecule has 3 nitrogen and oxygen atoms in total. The lowest BCUT2D eigenvalue weighted by molar-refractivity contribution is 0.476. The van der Waals surface area contributed by atoms with E-state index in [1.165, 1.54) is 5.56 Å². The Labute approximate surface area is 114 Å². The van der Waals surface area contributed by atoms with Gasteiger partial charge in [0.25, 0.3) is 0 Å². The maximum atomic E-state index is 5.72. The van der Waals surface area contributed by atoms with E-state index in [9.17, 15) is 0 Å². The minimum Gasteiger partial charge on any atom is -0.456 e. The van der Waals surface area contributed by atoms with E-state index in [-0.39, 0.29) is 5.41 Å². The third kappa shape index (κ3) is 3.25. The van der Waals surface area contributed by atoms with Gasteiger partial charge < -0.3 is 10.5 Å². The number of nitrogens with two attached hydrogens (primary N) is 1. The largest absolute Gasteiger partial charge is 0.456 e. The van der Waals surface area contributed by atoms with Gasteiger partial charge in [0, 0.05) is 6.07 Å². The summed E-state index contributed by atoms with van der Waals surface area (Å²) in [4.78, 5) is 4.00. The first-order valence-corrected chi connectivity index (χ1v) is 6.50. The van der Waals surface area contributed by atoms with Crippen LogP contribution < -0.4 is 10.5 Å². The van der Waals surface area contributed by atoms with Gasteiger partial charge in [0.15, 0.2) is 0 Å². The van der Waals surface area contributed by atoms with Crippen LogP contribution in [0.5, 0.6) is 11.5 Å². The van der Waals surface area contributed by atoms with Gasteiger partial charge in [-0.1, -0.05) is 32.9 Å². The Morgan fingerprint density at radius 2 is 1.79 bits per heavy atom. The van der Waals surface area contributed by atoms with Gasteiger partial charge in [-0.05, 0) is 29.5 Å². The lowest BCUT2D eigenvalue weighted by Gasteiger charge is -2.23. The number of pyridine rings is 1. The van der Waals surface area contributed by atoms with Crippen molar-refractivity contribution in [2.45, 2.75) is 32.6 Å². The maximum absolute atomic E-state index is 5.72. The van der Waals surface area contributed by atoms with Crippen LogP contribution in [0.25, 0.3) is 0 Å². The second-order valence-electron chi connectivity index (χ2n) is 5.32. The summed E-state index contributed by atoms with van der Waals surface area (Å²) in [5, 5.41) is 0. The molecule has 100 valence electrons. The molecule has 0 spiro atoms. The minimum atomic E-state index is 0.192. The van der Waals surface area contributed by atoms with Crippen LogP contribution in [0.1, 0.15) is 32.8 Å². The molecule has 0 aliphatic rings. The highest BCUT2D eigenvalue weighted by Crippen LogP contribution is 2.29. The summed E-state index contributed by atoms with van der Waals surface area (Å²) >= 11 is 0. The van der Waals surface area contributed by atoms with Gasteiger partial charge >= 0.3 is 0 Å². The van der Waals surface area contributed by atoms with Crippen LogP contribution in [0, 0.1) is 0 Å². The number of benzene rings is 1. The first-order valence-electron chi connectivity index (χ1n) is 6.50. The van der Waals surface area contributed by atoms with Crippen molar-refractivity contribution in [3.05, 3.63) is 48.3 Å².